The molecule has 46 heavy (non-hydrogen) atoms. The second-order valence-corrected chi connectivity index (χ2v) is 19.5. The molecule has 8 nitrogen and oxygen atoms in total. The first-order valence-corrected chi connectivity index (χ1v) is 20.4. The van der Waals surface area contributed by atoms with Gasteiger partial charge in [-0.3, -0.25) is 14.3 Å². The normalized spacial score (nSPS) is 16.2. The van der Waals surface area contributed by atoms with Crippen LogP contribution in [-0.2, 0) is 22.8 Å². The molecular formula is C33H36N5O3PS4. The van der Waals surface area contributed by atoms with E-state index in [1.54, 1.807) is 40.9 Å². The van der Waals surface area contributed by atoms with Crippen LogP contribution >= 0.6 is 42.2 Å². The van der Waals surface area contributed by atoms with Gasteiger partial charge < -0.3 is 19.9 Å². The number of aromatic amines is 1. The number of amides is 1. The van der Waals surface area contributed by atoms with Crippen LogP contribution < -0.4 is 4.90 Å². The lowest BCUT2D eigenvalue weighted by Crippen LogP contribution is -2.32. The fraction of sp³-hybridized carbons (Fsp3) is 0.273. The number of carboxylic acid groups (broad SMARTS) is 1. The highest BCUT2D eigenvalue weighted by Crippen LogP contribution is 2.48. The Labute approximate surface area is 289 Å². The summed E-state index contributed by atoms with van der Waals surface area (Å²) in [4.78, 5) is 34.1. The molecule has 4 aromatic rings. The van der Waals surface area contributed by atoms with E-state index in [9.17, 15) is 9.59 Å². The molecule has 0 aliphatic carbocycles. The minimum Gasteiger partial charge on any atom is -0.478 e. The molecule has 240 valence electrons. The second-order valence-electron chi connectivity index (χ2n) is 11.2. The molecule has 2 N–H and O–H groups in total. The molecule has 1 aromatic heterocycles. The van der Waals surface area contributed by atoms with Crippen LogP contribution in [0.3, 0.4) is 0 Å². The van der Waals surface area contributed by atoms with Crippen LogP contribution in [0, 0.1) is 4.77 Å². The molecule has 0 radical (unpaired) electrons. The molecular weight excluding hydrogens is 674 g/mol. The molecule has 3 aromatic carbocycles. The SMILES string of the molecule is CCN1C(=O)/C(=C2/Sc3ccccc3N2CC)N(CC)C1=S.CP(C)(=S)Cc1ccc2[nH]c(=S)n(-c3ccc(C(=O)O)cc3)c2c1. The van der Waals surface area contributed by atoms with Crippen LogP contribution in [0.5, 0.6) is 0 Å². The van der Waals surface area contributed by atoms with Crippen molar-refractivity contribution in [2.24, 2.45) is 0 Å². The van der Waals surface area contributed by atoms with Crippen LogP contribution in [0.25, 0.3) is 16.7 Å². The fourth-order valence-electron chi connectivity index (χ4n) is 5.57. The topological polar surface area (TPSA) is 84.8 Å². The Morgan fingerprint density at radius 2 is 1.57 bits per heavy atom. The number of hydrogen-bond acceptors (Lipinski definition) is 7. The number of H-pyrrole nitrogens is 1. The van der Waals surface area contributed by atoms with Gasteiger partial charge in [-0.15, -0.1) is 0 Å². The number of thiocarbonyl (C=S) groups is 1. The fourth-order valence-corrected chi connectivity index (χ4v) is 9.11. The number of aromatic carboxylic acids is 1. The molecule has 0 atom stereocenters. The number of carbonyl (C=O) groups is 2. The van der Waals surface area contributed by atoms with Gasteiger partial charge in [-0.25, -0.2) is 4.79 Å². The molecule has 2 aliphatic rings. The highest BCUT2D eigenvalue weighted by molar-refractivity contribution is 8.13. The van der Waals surface area contributed by atoms with Crippen LogP contribution in [0.2, 0.25) is 0 Å². The summed E-state index contributed by atoms with van der Waals surface area (Å²) in [5.41, 5.74) is 6.10. The minimum absolute atomic E-state index is 0.0168. The molecule has 1 fully saturated rings. The number of nitrogens with one attached hydrogen (secondary N) is 1. The first-order chi connectivity index (χ1) is 21.9. The Morgan fingerprint density at radius 3 is 2.17 bits per heavy atom. The Kier molecular flexibility index (Phi) is 10.2. The zero-order chi connectivity index (χ0) is 33.3. The highest BCUT2D eigenvalue weighted by atomic mass is 32.4. The van der Waals surface area contributed by atoms with Crippen molar-refractivity contribution in [1.82, 2.24) is 19.4 Å². The maximum absolute atomic E-state index is 12.8. The molecule has 13 heteroatoms. The minimum atomic E-state index is -1.34. The van der Waals surface area contributed by atoms with Gasteiger partial charge in [0.1, 0.15) is 10.7 Å². The summed E-state index contributed by atoms with van der Waals surface area (Å²) in [7, 11) is 0. The monoisotopic (exact) mass is 709 g/mol. The predicted octanol–water partition coefficient (Wildman–Crippen LogP) is 7.88. The average Bonchev–Trinajstić information content (AvgIpc) is 3.63. The summed E-state index contributed by atoms with van der Waals surface area (Å²) in [5.74, 6) is -0.925. The lowest BCUT2D eigenvalue weighted by molar-refractivity contribution is -0.122. The van der Waals surface area contributed by atoms with Crippen molar-refractivity contribution in [3.05, 3.63) is 93.4 Å². The summed E-state index contributed by atoms with van der Waals surface area (Å²) in [6, 6.07) is 19.8. The molecule has 0 spiro atoms. The molecule has 0 bridgehead atoms. The predicted molar refractivity (Wildman–Crippen MR) is 200 cm³/mol. The number of carbonyl (C=O) groups excluding carboxylic acids is 1. The highest BCUT2D eigenvalue weighted by Gasteiger charge is 2.41. The van der Waals surface area contributed by atoms with Gasteiger partial charge in [-0.2, -0.15) is 0 Å². The summed E-state index contributed by atoms with van der Waals surface area (Å²) in [5, 5.41) is 10.6. The van der Waals surface area contributed by atoms with E-state index in [0.29, 0.717) is 23.0 Å². The van der Waals surface area contributed by atoms with Crippen LogP contribution in [0.15, 0.2) is 82.4 Å². The third kappa shape index (κ3) is 6.73. The van der Waals surface area contributed by atoms with Gasteiger partial charge in [-0.05, 0) is 119 Å². The molecule has 0 saturated carbocycles. The van der Waals surface area contributed by atoms with Crippen LogP contribution in [0.4, 0.5) is 5.69 Å². The third-order valence-electron chi connectivity index (χ3n) is 7.62. The van der Waals surface area contributed by atoms with Gasteiger partial charge in [0.05, 0.1) is 22.3 Å². The molecule has 6 rings (SSSR count). The van der Waals surface area contributed by atoms with Gasteiger partial charge in [0, 0.05) is 36.4 Å². The molecule has 0 unspecified atom stereocenters. The number of imidazole rings is 1. The summed E-state index contributed by atoms with van der Waals surface area (Å²) in [6.07, 6.45) is 0.897. The number of likely N-dealkylation sites (N-methyl/N-ethyl adjacent to an activating group) is 2. The third-order valence-corrected chi connectivity index (χ3v) is 11.0. The van der Waals surface area contributed by atoms with Crippen LogP contribution in [0.1, 0.15) is 36.7 Å². The molecule has 1 saturated heterocycles. The summed E-state index contributed by atoms with van der Waals surface area (Å²) < 4.78 is 2.51. The van der Waals surface area contributed by atoms with E-state index in [4.69, 9.17) is 41.3 Å². The van der Waals surface area contributed by atoms with Gasteiger partial charge in [-0.1, -0.05) is 41.8 Å². The van der Waals surface area contributed by atoms with E-state index >= 15 is 0 Å². The number of para-hydroxylation sites is 1. The van der Waals surface area contributed by atoms with Crippen molar-refractivity contribution in [1.29, 1.82) is 0 Å². The summed E-state index contributed by atoms with van der Waals surface area (Å²) in [6.45, 7) is 12.5. The van der Waals surface area contributed by atoms with Crippen molar-refractivity contribution in [3.8, 4) is 5.69 Å². The van der Waals surface area contributed by atoms with E-state index in [1.807, 2.05) is 41.5 Å². The van der Waals surface area contributed by atoms with E-state index in [2.05, 4.69) is 54.4 Å². The number of benzene rings is 3. The number of fused-ring (bicyclic) bond motifs is 2. The van der Waals surface area contributed by atoms with Crippen LogP contribution in [-0.4, -0.2) is 74.4 Å². The van der Waals surface area contributed by atoms with E-state index in [1.165, 1.54) is 16.1 Å². The number of rotatable bonds is 7. The van der Waals surface area contributed by atoms with Gasteiger partial charge in [0.2, 0.25) is 0 Å². The lowest BCUT2D eigenvalue weighted by Gasteiger charge is -2.22. The summed E-state index contributed by atoms with van der Waals surface area (Å²) >= 11 is 18.2. The van der Waals surface area contributed by atoms with Crippen molar-refractivity contribution < 1.29 is 14.7 Å². The maximum atomic E-state index is 12.8. The van der Waals surface area contributed by atoms with E-state index < -0.39 is 12.0 Å². The maximum Gasteiger partial charge on any atom is 0.335 e. The Bertz CT molecular complexity index is 1980. The van der Waals surface area contributed by atoms with Crippen molar-refractivity contribution in [3.63, 3.8) is 0 Å². The number of aromatic nitrogens is 2. The van der Waals surface area contributed by atoms with Gasteiger partial charge in [0.25, 0.3) is 5.91 Å². The van der Waals surface area contributed by atoms with Crippen molar-refractivity contribution in [2.75, 3.05) is 37.9 Å². The zero-order valence-corrected chi connectivity index (χ0v) is 30.5. The largest absolute Gasteiger partial charge is 0.478 e. The Hall–Kier alpha value is -3.28. The molecule has 3 heterocycles. The van der Waals surface area contributed by atoms with E-state index in [-0.39, 0.29) is 11.5 Å². The second kappa shape index (κ2) is 13.8. The number of anilines is 1. The first kappa shape index (κ1) is 34.1. The number of hydrogen-bond donors (Lipinski definition) is 2. The quantitative estimate of drug-likeness (QED) is 0.113. The number of nitrogens with zero attached hydrogens (tertiary/aromatic N) is 4. The zero-order valence-electron chi connectivity index (χ0n) is 26.3. The smallest absolute Gasteiger partial charge is 0.335 e. The molecule has 1 amide bonds. The van der Waals surface area contributed by atoms with Gasteiger partial charge >= 0.3 is 5.97 Å². The van der Waals surface area contributed by atoms with E-state index in [0.717, 1.165) is 40.2 Å². The number of thioether (sulfide) groups is 1. The lowest BCUT2D eigenvalue weighted by atomic mass is 10.2. The van der Waals surface area contributed by atoms with Crippen molar-refractivity contribution in [2.45, 2.75) is 31.8 Å². The Balaban J connectivity index is 0.000000182. The standard InChI is InChI=1S/C17H17N2O2PS2.C16H19N3OS2/c1-22(2,24)10-11-3-8-14-15(9-11)19(17(23)18-14)13-6-4-12(5-7-13)16(20)21;1-4-17-11-9-7-8-10-12(11)22-15(17)13-14(20)19(6-3)16(21)18(13)5-2/h3-9H,10H2,1-2H3,(H,18,23)(H,20,21);7-10H,4-6H2,1-3H3/b;15-13-. The van der Waals surface area contributed by atoms with Gasteiger partial charge in [0.15, 0.2) is 9.88 Å². The average molecular weight is 710 g/mol. The number of carboxylic acids is 1. The first-order valence-electron chi connectivity index (χ1n) is 14.9. The molecule has 2 aliphatic heterocycles. The van der Waals surface area contributed by atoms with Crippen molar-refractivity contribution >= 4 is 87.8 Å². The Morgan fingerprint density at radius 1 is 0.913 bits per heavy atom.